The van der Waals surface area contributed by atoms with Crippen LogP contribution < -0.4 is 5.32 Å². The van der Waals surface area contributed by atoms with Gasteiger partial charge < -0.3 is 20.3 Å². The highest BCUT2D eigenvalue weighted by atomic mass is 35.5. The van der Waals surface area contributed by atoms with Crippen LogP contribution in [0.5, 0.6) is 0 Å². The Morgan fingerprint density at radius 1 is 1.14 bits per heavy atom. The van der Waals surface area contributed by atoms with Gasteiger partial charge in [0, 0.05) is 12.1 Å². The summed E-state index contributed by atoms with van der Waals surface area (Å²) in [5, 5.41) is 23.4. The molecule has 0 saturated carbocycles. The van der Waals surface area contributed by atoms with E-state index in [9.17, 15) is 19.4 Å². The number of carbonyl (C=O) groups is 1. The third kappa shape index (κ3) is 7.86. The summed E-state index contributed by atoms with van der Waals surface area (Å²) < 4.78 is 19.8. The van der Waals surface area contributed by atoms with Crippen LogP contribution >= 0.6 is 11.6 Å². The summed E-state index contributed by atoms with van der Waals surface area (Å²) >= 11 is 5.78. The van der Waals surface area contributed by atoms with E-state index in [1.165, 1.54) is 6.07 Å². The molecule has 0 fully saturated rings. The largest absolute Gasteiger partial charge is 0.478 e. The molecule has 198 valence electrons. The quantitative estimate of drug-likeness (QED) is 0.252. The summed E-state index contributed by atoms with van der Waals surface area (Å²) in [5.74, 6) is -1.37. The maximum absolute atomic E-state index is 13.8. The van der Waals surface area contributed by atoms with Crippen LogP contribution in [0.3, 0.4) is 0 Å². The van der Waals surface area contributed by atoms with Gasteiger partial charge in [0.2, 0.25) is 0 Å². The van der Waals surface area contributed by atoms with Gasteiger partial charge in [-0.2, -0.15) is 0 Å². The lowest BCUT2D eigenvalue weighted by Gasteiger charge is -2.28. The second-order valence-corrected chi connectivity index (χ2v) is 10.3. The number of carboxylic acids is 1. The molecule has 7 heteroatoms. The number of hydrogen-bond donors (Lipinski definition) is 3. The van der Waals surface area contributed by atoms with E-state index in [1.54, 1.807) is 18.2 Å². The van der Waals surface area contributed by atoms with E-state index in [0.717, 1.165) is 27.8 Å². The summed E-state index contributed by atoms with van der Waals surface area (Å²) in [4.78, 5) is 11.5. The minimum absolute atomic E-state index is 0.0980. The molecule has 0 spiro atoms. The fourth-order valence-corrected chi connectivity index (χ4v) is 4.51. The van der Waals surface area contributed by atoms with Crippen LogP contribution in [-0.2, 0) is 17.6 Å². The number of aliphatic hydroxyl groups excluding tert-OH is 1. The molecule has 1 unspecified atom stereocenters. The first-order valence-electron chi connectivity index (χ1n) is 12.4. The van der Waals surface area contributed by atoms with Gasteiger partial charge in [-0.3, -0.25) is 0 Å². The molecule has 3 aromatic rings. The summed E-state index contributed by atoms with van der Waals surface area (Å²) in [7, 11) is 0. The van der Waals surface area contributed by atoms with Crippen molar-refractivity contribution in [1.82, 2.24) is 5.32 Å². The number of β-amino-alcohol motifs (C(OH)–C–C–N with tert-alkyl or cyclic N) is 1. The first kappa shape index (κ1) is 28.8. The zero-order valence-corrected chi connectivity index (χ0v) is 22.5. The monoisotopic (exact) mass is 527 g/mol. The number of aryl methyl sites for hydroxylation is 1. The second-order valence-electron chi connectivity index (χ2n) is 9.94. The highest BCUT2D eigenvalue weighted by molar-refractivity contribution is 6.30. The molecule has 3 N–H and O–H groups in total. The van der Waals surface area contributed by atoms with Crippen molar-refractivity contribution >= 4 is 17.6 Å². The standard InChI is InChI=1S/C30H35ClFNO4/c1-5-21-15-22(11-12-26(21)29(35)36)25-9-7-6-8-24(25)19(2)37-18-23(34)17-33-30(3,4)16-20-10-13-27(31)28(32)14-20/h6-15,19,23,33-34H,5,16-18H2,1-4H3,(H,35,36)/t19?,23-/m1/s1. The lowest BCUT2D eigenvalue weighted by molar-refractivity contribution is -0.00397. The predicted octanol–water partition coefficient (Wildman–Crippen LogP) is 6.46. The van der Waals surface area contributed by atoms with Crippen molar-refractivity contribution in [2.45, 2.75) is 58.3 Å². The van der Waals surface area contributed by atoms with E-state index in [-0.39, 0.29) is 23.3 Å². The highest BCUT2D eigenvalue weighted by Crippen LogP contribution is 2.31. The SMILES string of the molecule is CCc1cc(-c2ccccc2C(C)OC[C@H](O)CNC(C)(C)Cc2ccc(Cl)c(F)c2)ccc1C(=O)O. The van der Waals surface area contributed by atoms with Gasteiger partial charge in [-0.05, 0) is 79.6 Å². The van der Waals surface area contributed by atoms with Gasteiger partial charge in [0.15, 0.2) is 0 Å². The fourth-order valence-electron chi connectivity index (χ4n) is 4.40. The molecule has 3 aromatic carbocycles. The van der Waals surface area contributed by atoms with Crippen molar-refractivity contribution in [2.75, 3.05) is 13.2 Å². The number of hydrogen-bond acceptors (Lipinski definition) is 4. The summed E-state index contributed by atoms with van der Waals surface area (Å²) in [5.41, 5.74) is 4.38. The van der Waals surface area contributed by atoms with E-state index in [2.05, 4.69) is 5.32 Å². The van der Waals surface area contributed by atoms with Crippen molar-refractivity contribution in [2.24, 2.45) is 0 Å². The molecule has 0 heterocycles. The summed E-state index contributed by atoms with van der Waals surface area (Å²) in [6.45, 7) is 8.30. The van der Waals surface area contributed by atoms with Gasteiger partial charge in [-0.25, -0.2) is 9.18 Å². The Labute approximate surface area is 223 Å². The molecule has 0 saturated heterocycles. The van der Waals surface area contributed by atoms with Crippen LogP contribution in [-0.4, -0.2) is 41.0 Å². The highest BCUT2D eigenvalue weighted by Gasteiger charge is 2.21. The van der Waals surface area contributed by atoms with Crippen LogP contribution in [0, 0.1) is 5.82 Å². The summed E-state index contributed by atoms with van der Waals surface area (Å²) in [6.07, 6.45) is 0.155. The Morgan fingerprint density at radius 3 is 2.54 bits per heavy atom. The molecule has 0 aliphatic heterocycles. The molecule has 3 rings (SSSR count). The fraction of sp³-hybridized carbons (Fsp3) is 0.367. The molecule has 5 nitrogen and oxygen atoms in total. The van der Waals surface area contributed by atoms with Crippen molar-refractivity contribution < 1.29 is 24.1 Å². The zero-order valence-electron chi connectivity index (χ0n) is 21.7. The minimum atomic E-state index is -0.931. The van der Waals surface area contributed by atoms with Crippen LogP contribution in [0.4, 0.5) is 4.39 Å². The third-order valence-corrected chi connectivity index (χ3v) is 6.72. The first-order chi connectivity index (χ1) is 17.5. The Morgan fingerprint density at radius 2 is 1.86 bits per heavy atom. The van der Waals surface area contributed by atoms with Gasteiger partial charge in [0.25, 0.3) is 0 Å². The molecular formula is C30H35ClFNO4. The molecule has 2 atom stereocenters. The Hall–Kier alpha value is -2.77. The van der Waals surface area contributed by atoms with Crippen LogP contribution in [0.15, 0.2) is 60.7 Å². The number of aliphatic hydroxyl groups is 1. The molecule has 37 heavy (non-hydrogen) atoms. The Bertz CT molecular complexity index is 1230. The van der Waals surface area contributed by atoms with E-state index in [4.69, 9.17) is 16.3 Å². The van der Waals surface area contributed by atoms with Gasteiger partial charge in [0.1, 0.15) is 5.82 Å². The second kappa shape index (κ2) is 12.7. The normalized spacial score (nSPS) is 13.4. The zero-order chi connectivity index (χ0) is 27.2. The number of carboxylic acid groups (broad SMARTS) is 1. The maximum Gasteiger partial charge on any atom is 0.335 e. The number of rotatable bonds is 12. The van der Waals surface area contributed by atoms with Crippen molar-refractivity contribution in [3.05, 3.63) is 93.8 Å². The van der Waals surface area contributed by atoms with Gasteiger partial charge >= 0.3 is 5.97 Å². The predicted molar refractivity (Wildman–Crippen MR) is 146 cm³/mol. The number of benzene rings is 3. The number of nitrogens with one attached hydrogen (secondary N) is 1. The van der Waals surface area contributed by atoms with E-state index < -0.39 is 17.9 Å². The maximum atomic E-state index is 13.8. The molecule has 0 aromatic heterocycles. The first-order valence-corrected chi connectivity index (χ1v) is 12.8. The van der Waals surface area contributed by atoms with Crippen molar-refractivity contribution in [1.29, 1.82) is 0 Å². The average Bonchev–Trinajstić information content (AvgIpc) is 2.87. The van der Waals surface area contributed by atoms with E-state index >= 15 is 0 Å². The van der Waals surface area contributed by atoms with Crippen LogP contribution in [0.25, 0.3) is 11.1 Å². The topological polar surface area (TPSA) is 78.8 Å². The molecule has 0 bridgehead atoms. The van der Waals surface area contributed by atoms with Gasteiger partial charge in [-0.1, -0.05) is 61.0 Å². The molecule has 0 radical (unpaired) electrons. The summed E-state index contributed by atoms with van der Waals surface area (Å²) in [6, 6.07) is 18.0. The average molecular weight is 528 g/mol. The molecule has 0 amide bonds. The third-order valence-electron chi connectivity index (χ3n) is 6.41. The van der Waals surface area contributed by atoms with Crippen molar-refractivity contribution in [3.63, 3.8) is 0 Å². The van der Waals surface area contributed by atoms with Crippen LogP contribution in [0.1, 0.15) is 60.8 Å². The van der Waals surface area contributed by atoms with E-state index in [0.29, 0.717) is 24.9 Å². The lowest BCUT2D eigenvalue weighted by atomic mass is 9.93. The molecular weight excluding hydrogens is 493 g/mol. The van der Waals surface area contributed by atoms with Crippen LogP contribution in [0.2, 0.25) is 5.02 Å². The van der Waals surface area contributed by atoms with Crippen molar-refractivity contribution in [3.8, 4) is 11.1 Å². The van der Waals surface area contributed by atoms with E-state index in [1.807, 2.05) is 64.1 Å². The van der Waals surface area contributed by atoms with Gasteiger partial charge in [0.05, 0.1) is 29.4 Å². The molecule has 0 aliphatic rings. The number of aromatic carboxylic acids is 1. The Balaban J connectivity index is 1.61. The Kier molecular flexibility index (Phi) is 9.85. The smallest absolute Gasteiger partial charge is 0.335 e. The minimum Gasteiger partial charge on any atom is -0.478 e. The lowest BCUT2D eigenvalue weighted by Crippen LogP contribution is -2.46. The number of ether oxygens (including phenoxy) is 1. The number of halogens is 2. The van der Waals surface area contributed by atoms with Gasteiger partial charge in [-0.15, -0.1) is 0 Å². The molecule has 0 aliphatic carbocycles.